The van der Waals surface area contributed by atoms with Crippen LogP contribution in [0.4, 0.5) is 13.2 Å². The van der Waals surface area contributed by atoms with Gasteiger partial charge in [-0.2, -0.15) is 13.2 Å². The van der Waals surface area contributed by atoms with Gasteiger partial charge in [0.25, 0.3) is 0 Å². The second-order valence-corrected chi connectivity index (χ2v) is 6.75. The highest BCUT2D eigenvalue weighted by atomic mass is 19.4. The van der Waals surface area contributed by atoms with Crippen LogP contribution in [0.1, 0.15) is 30.4 Å². The van der Waals surface area contributed by atoms with Gasteiger partial charge in [-0.25, -0.2) is 0 Å². The molecule has 2 fully saturated rings. The average Bonchev–Trinajstić information content (AvgIpc) is 3.29. The average molecular weight is 369 g/mol. The molecule has 9 heteroatoms. The molecule has 1 unspecified atom stereocenters. The summed E-state index contributed by atoms with van der Waals surface area (Å²) in [4.78, 5) is 37.0. The van der Waals surface area contributed by atoms with Crippen LogP contribution in [0.2, 0.25) is 0 Å². The number of benzene rings is 1. The van der Waals surface area contributed by atoms with Gasteiger partial charge in [0.05, 0.1) is 11.6 Å². The summed E-state index contributed by atoms with van der Waals surface area (Å²) in [6.45, 7) is -0.104. The van der Waals surface area contributed by atoms with E-state index in [1.54, 1.807) is 0 Å². The molecule has 3 N–H and O–H groups in total. The van der Waals surface area contributed by atoms with E-state index in [1.807, 2.05) is 0 Å². The Hall–Kier alpha value is -2.58. The van der Waals surface area contributed by atoms with Gasteiger partial charge in [-0.3, -0.25) is 14.4 Å². The van der Waals surface area contributed by atoms with Crippen molar-refractivity contribution in [1.29, 1.82) is 0 Å². The van der Waals surface area contributed by atoms with Crippen molar-refractivity contribution in [3.8, 4) is 0 Å². The molecule has 0 radical (unpaired) electrons. The van der Waals surface area contributed by atoms with E-state index >= 15 is 0 Å². The van der Waals surface area contributed by atoms with Gasteiger partial charge in [-0.1, -0.05) is 18.2 Å². The number of nitrogens with zero attached hydrogens (tertiary/aromatic N) is 1. The van der Waals surface area contributed by atoms with Crippen LogP contribution >= 0.6 is 0 Å². The molecule has 1 saturated carbocycles. The molecule has 1 saturated heterocycles. The lowest BCUT2D eigenvalue weighted by atomic mass is 10.1. The highest BCUT2D eigenvalue weighted by Gasteiger charge is 2.56. The molecule has 26 heavy (non-hydrogen) atoms. The molecule has 1 aliphatic carbocycles. The normalized spacial score (nSPS) is 21.6. The van der Waals surface area contributed by atoms with Gasteiger partial charge in [0.1, 0.15) is 5.41 Å². The topological polar surface area (TPSA) is 92.5 Å². The number of amides is 3. The van der Waals surface area contributed by atoms with Crippen LogP contribution in [0.15, 0.2) is 24.3 Å². The Balaban J connectivity index is 1.66. The highest BCUT2D eigenvalue weighted by Crippen LogP contribution is 2.45. The van der Waals surface area contributed by atoms with E-state index in [2.05, 4.69) is 5.32 Å². The molecule has 0 aromatic heterocycles. The second kappa shape index (κ2) is 6.30. The number of carbonyl (C=O) groups excluding carboxylic acids is 3. The first kappa shape index (κ1) is 18.2. The van der Waals surface area contributed by atoms with Crippen LogP contribution < -0.4 is 11.1 Å². The van der Waals surface area contributed by atoms with Crippen molar-refractivity contribution >= 4 is 17.7 Å². The molecule has 1 aromatic rings. The molecule has 1 aromatic carbocycles. The van der Waals surface area contributed by atoms with E-state index in [0.29, 0.717) is 12.8 Å². The number of alkyl halides is 3. The minimum absolute atomic E-state index is 0.00359. The third kappa shape index (κ3) is 3.38. The summed E-state index contributed by atoms with van der Waals surface area (Å²) in [5.41, 5.74) is 3.25. The summed E-state index contributed by atoms with van der Waals surface area (Å²) in [6.07, 6.45) is -3.78. The van der Waals surface area contributed by atoms with Crippen LogP contribution in [0.3, 0.4) is 0 Å². The molecule has 2 aliphatic rings. The van der Waals surface area contributed by atoms with Crippen LogP contribution in [-0.2, 0) is 27.1 Å². The van der Waals surface area contributed by atoms with E-state index in [-0.39, 0.29) is 31.0 Å². The van der Waals surface area contributed by atoms with E-state index in [0.717, 1.165) is 6.07 Å². The number of hydrogen-bond donors (Lipinski definition) is 2. The number of carbonyl (C=O) groups is 3. The predicted molar refractivity (Wildman–Crippen MR) is 84.3 cm³/mol. The number of halogens is 3. The lowest BCUT2D eigenvalue weighted by Gasteiger charge is -2.20. The lowest BCUT2D eigenvalue weighted by molar-refractivity contribution is -0.139. The van der Waals surface area contributed by atoms with Gasteiger partial charge in [0, 0.05) is 19.5 Å². The number of hydrogen-bond acceptors (Lipinski definition) is 3. The largest absolute Gasteiger partial charge is 0.416 e. The molecule has 1 heterocycles. The Kier molecular flexibility index (Phi) is 4.41. The minimum Gasteiger partial charge on any atom is -0.369 e. The number of nitrogens with one attached hydrogen (secondary N) is 1. The molecule has 6 nitrogen and oxygen atoms in total. The third-order valence-electron chi connectivity index (χ3n) is 4.89. The quantitative estimate of drug-likeness (QED) is 0.764. The summed E-state index contributed by atoms with van der Waals surface area (Å²) < 4.78 is 39.2. The Morgan fingerprint density at radius 2 is 1.92 bits per heavy atom. The molecule has 3 amide bonds. The lowest BCUT2D eigenvalue weighted by Crippen LogP contribution is -2.45. The first-order valence-corrected chi connectivity index (χ1v) is 8.17. The molecule has 1 aliphatic heterocycles. The fourth-order valence-corrected chi connectivity index (χ4v) is 3.20. The summed E-state index contributed by atoms with van der Waals surface area (Å²) in [5.74, 6) is -1.56. The van der Waals surface area contributed by atoms with E-state index in [9.17, 15) is 27.6 Å². The molecular formula is C17H18F3N3O3. The van der Waals surface area contributed by atoms with Gasteiger partial charge in [0.2, 0.25) is 17.7 Å². The second-order valence-electron chi connectivity index (χ2n) is 6.75. The summed E-state index contributed by atoms with van der Waals surface area (Å²) in [7, 11) is 0. The van der Waals surface area contributed by atoms with Gasteiger partial charge in [-0.05, 0) is 24.5 Å². The first-order chi connectivity index (χ1) is 12.1. The maximum Gasteiger partial charge on any atom is 0.416 e. The maximum atomic E-state index is 13.1. The smallest absolute Gasteiger partial charge is 0.369 e. The van der Waals surface area contributed by atoms with E-state index in [4.69, 9.17) is 5.73 Å². The monoisotopic (exact) mass is 369 g/mol. The molecule has 0 bridgehead atoms. The molecule has 140 valence electrons. The van der Waals surface area contributed by atoms with Crippen molar-refractivity contribution < 1.29 is 27.6 Å². The van der Waals surface area contributed by atoms with Gasteiger partial charge in [0.15, 0.2) is 0 Å². The van der Waals surface area contributed by atoms with Crippen molar-refractivity contribution in [3.63, 3.8) is 0 Å². The Morgan fingerprint density at radius 1 is 1.27 bits per heavy atom. The van der Waals surface area contributed by atoms with Crippen LogP contribution in [0, 0.1) is 5.41 Å². The Bertz CT molecular complexity index is 759. The van der Waals surface area contributed by atoms with Crippen molar-refractivity contribution in [2.45, 2.75) is 38.0 Å². The maximum absolute atomic E-state index is 13.1. The van der Waals surface area contributed by atoms with Gasteiger partial charge >= 0.3 is 6.18 Å². The fourth-order valence-electron chi connectivity index (χ4n) is 3.20. The molecule has 0 spiro atoms. The SMILES string of the molecule is NC(=O)C1(C(=O)NC2CC(=O)N(Cc3ccccc3C(F)(F)F)C2)CC1. The first-order valence-electron chi connectivity index (χ1n) is 8.17. The van der Waals surface area contributed by atoms with Crippen LogP contribution in [-0.4, -0.2) is 35.2 Å². The van der Waals surface area contributed by atoms with Crippen molar-refractivity contribution in [1.82, 2.24) is 10.2 Å². The van der Waals surface area contributed by atoms with E-state index in [1.165, 1.54) is 23.1 Å². The third-order valence-corrected chi connectivity index (χ3v) is 4.89. The van der Waals surface area contributed by atoms with Crippen LogP contribution in [0.5, 0.6) is 0 Å². The van der Waals surface area contributed by atoms with Crippen molar-refractivity contribution in [2.24, 2.45) is 11.1 Å². The van der Waals surface area contributed by atoms with Gasteiger partial charge in [-0.15, -0.1) is 0 Å². The summed E-state index contributed by atoms with van der Waals surface area (Å²) >= 11 is 0. The van der Waals surface area contributed by atoms with Crippen LogP contribution in [0.25, 0.3) is 0 Å². The van der Waals surface area contributed by atoms with Gasteiger partial charge < -0.3 is 16.0 Å². The molecule has 1 atom stereocenters. The Morgan fingerprint density at radius 3 is 2.50 bits per heavy atom. The fraction of sp³-hybridized carbons (Fsp3) is 0.471. The minimum atomic E-state index is -4.51. The number of likely N-dealkylation sites (tertiary alicyclic amines) is 1. The summed E-state index contributed by atoms with van der Waals surface area (Å²) in [5, 5.41) is 2.63. The van der Waals surface area contributed by atoms with E-state index < -0.39 is 35.0 Å². The number of rotatable bonds is 5. The molecular weight excluding hydrogens is 351 g/mol. The predicted octanol–water partition coefficient (Wildman–Crippen LogP) is 1.19. The zero-order valence-electron chi connectivity index (χ0n) is 13.8. The standard InChI is InChI=1S/C17H18F3N3O3/c18-17(19,20)12-4-2-1-3-10(12)8-23-9-11(7-13(23)24)22-15(26)16(5-6-16)14(21)25/h1-4,11H,5-9H2,(H2,21,25)(H,22,26). The highest BCUT2D eigenvalue weighted by molar-refractivity contribution is 6.07. The Labute approximate surface area is 147 Å². The van der Waals surface area contributed by atoms with Crippen molar-refractivity contribution in [2.75, 3.05) is 6.54 Å². The number of primary amides is 1. The zero-order chi connectivity index (χ0) is 19.1. The summed E-state index contributed by atoms with van der Waals surface area (Å²) in [6, 6.07) is 4.52. The number of nitrogens with two attached hydrogens (primary N) is 1. The zero-order valence-corrected chi connectivity index (χ0v) is 13.8. The van der Waals surface area contributed by atoms with Crippen molar-refractivity contribution in [3.05, 3.63) is 35.4 Å². The molecule has 3 rings (SSSR count).